The molecular formula is C24H22N8O3S. The number of imidazole rings is 1. The van der Waals surface area contributed by atoms with Gasteiger partial charge in [-0.3, -0.25) is 0 Å². The fourth-order valence-corrected chi connectivity index (χ4v) is 5.66. The third-order valence-electron chi connectivity index (χ3n) is 6.05. The SMILES string of the molecule is Cc1cc(Nc2ncnc3cnc(N4CCCS4(=O)=O)nc23)ccc1Oc1ccc2c(c1)ncn2C. The van der Waals surface area contributed by atoms with Crippen molar-refractivity contribution >= 4 is 49.5 Å². The van der Waals surface area contributed by atoms with E-state index >= 15 is 0 Å². The molecule has 0 atom stereocenters. The minimum atomic E-state index is -3.40. The van der Waals surface area contributed by atoms with E-state index in [1.807, 2.05) is 54.9 Å². The molecule has 1 saturated heterocycles. The van der Waals surface area contributed by atoms with Crippen molar-refractivity contribution in [2.45, 2.75) is 13.3 Å². The molecule has 0 bridgehead atoms. The number of fused-ring (bicyclic) bond motifs is 2. The van der Waals surface area contributed by atoms with Crippen molar-refractivity contribution in [3.8, 4) is 11.5 Å². The first-order valence-electron chi connectivity index (χ1n) is 11.3. The van der Waals surface area contributed by atoms with Crippen LogP contribution in [0, 0.1) is 6.92 Å². The van der Waals surface area contributed by atoms with E-state index in [-0.39, 0.29) is 11.7 Å². The molecule has 36 heavy (non-hydrogen) atoms. The highest BCUT2D eigenvalue weighted by molar-refractivity contribution is 7.93. The van der Waals surface area contributed by atoms with Crippen LogP contribution in [0.4, 0.5) is 17.5 Å². The van der Waals surface area contributed by atoms with E-state index in [4.69, 9.17) is 4.74 Å². The molecule has 5 aromatic rings. The molecule has 0 radical (unpaired) electrons. The first-order chi connectivity index (χ1) is 17.4. The maximum atomic E-state index is 12.3. The van der Waals surface area contributed by atoms with Crippen LogP contribution in [0.2, 0.25) is 0 Å². The number of ether oxygens (including phenoxy) is 1. The van der Waals surface area contributed by atoms with Crippen molar-refractivity contribution in [3.63, 3.8) is 0 Å². The zero-order valence-electron chi connectivity index (χ0n) is 19.6. The van der Waals surface area contributed by atoms with Gasteiger partial charge < -0.3 is 14.6 Å². The Kier molecular flexibility index (Phi) is 5.18. The van der Waals surface area contributed by atoms with Gasteiger partial charge >= 0.3 is 0 Å². The van der Waals surface area contributed by atoms with Crippen molar-refractivity contribution < 1.29 is 13.2 Å². The summed E-state index contributed by atoms with van der Waals surface area (Å²) in [6, 6.07) is 11.5. The van der Waals surface area contributed by atoms with Gasteiger partial charge in [-0.05, 0) is 49.2 Å². The number of rotatable bonds is 5. The third-order valence-corrected chi connectivity index (χ3v) is 7.87. The lowest BCUT2D eigenvalue weighted by Gasteiger charge is -2.15. The van der Waals surface area contributed by atoms with Crippen LogP contribution >= 0.6 is 0 Å². The summed E-state index contributed by atoms with van der Waals surface area (Å²) in [5, 5.41) is 3.27. The van der Waals surface area contributed by atoms with Crippen LogP contribution in [0.25, 0.3) is 22.1 Å². The van der Waals surface area contributed by atoms with Gasteiger partial charge in [0.25, 0.3) is 0 Å². The van der Waals surface area contributed by atoms with Crippen LogP contribution < -0.4 is 14.4 Å². The van der Waals surface area contributed by atoms with Gasteiger partial charge in [0, 0.05) is 25.3 Å². The maximum absolute atomic E-state index is 12.3. The van der Waals surface area contributed by atoms with Gasteiger partial charge in [0.15, 0.2) is 5.82 Å². The van der Waals surface area contributed by atoms with Crippen LogP contribution in [-0.4, -0.2) is 50.2 Å². The Morgan fingerprint density at radius 1 is 1.03 bits per heavy atom. The van der Waals surface area contributed by atoms with Crippen LogP contribution in [0.3, 0.4) is 0 Å². The molecule has 0 amide bonds. The number of sulfonamides is 1. The number of hydrogen-bond acceptors (Lipinski definition) is 9. The largest absolute Gasteiger partial charge is 0.457 e. The summed E-state index contributed by atoms with van der Waals surface area (Å²) in [4.78, 5) is 21.6. The van der Waals surface area contributed by atoms with Gasteiger partial charge in [-0.1, -0.05) is 0 Å². The van der Waals surface area contributed by atoms with Gasteiger partial charge in [0.1, 0.15) is 28.9 Å². The Hall–Kier alpha value is -4.32. The van der Waals surface area contributed by atoms with Gasteiger partial charge in [0.2, 0.25) is 16.0 Å². The van der Waals surface area contributed by atoms with Crippen LogP contribution in [0.1, 0.15) is 12.0 Å². The molecule has 12 heteroatoms. The van der Waals surface area contributed by atoms with E-state index in [0.717, 1.165) is 22.3 Å². The predicted molar refractivity (Wildman–Crippen MR) is 136 cm³/mol. The van der Waals surface area contributed by atoms with Gasteiger partial charge in [-0.15, -0.1) is 0 Å². The molecule has 3 aromatic heterocycles. The van der Waals surface area contributed by atoms with E-state index < -0.39 is 10.0 Å². The number of nitrogens with one attached hydrogen (secondary N) is 1. The van der Waals surface area contributed by atoms with E-state index in [2.05, 4.69) is 30.2 Å². The normalized spacial score (nSPS) is 15.0. The van der Waals surface area contributed by atoms with Gasteiger partial charge in [-0.25, -0.2) is 37.6 Å². The van der Waals surface area contributed by atoms with Crippen molar-refractivity contribution in [1.29, 1.82) is 0 Å². The molecule has 1 aliphatic heterocycles. The Morgan fingerprint density at radius 3 is 2.72 bits per heavy atom. The summed E-state index contributed by atoms with van der Waals surface area (Å²) in [5.74, 6) is 2.09. The molecule has 1 N–H and O–H groups in total. The van der Waals surface area contributed by atoms with Crippen molar-refractivity contribution in [2.24, 2.45) is 7.05 Å². The van der Waals surface area contributed by atoms with Crippen molar-refractivity contribution in [3.05, 3.63) is 60.8 Å². The molecule has 0 aliphatic carbocycles. The molecular weight excluding hydrogens is 480 g/mol. The third kappa shape index (κ3) is 3.94. The summed E-state index contributed by atoms with van der Waals surface area (Å²) < 4.78 is 34.0. The van der Waals surface area contributed by atoms with Gasteiger partial charge in [0.05, 0.1) is 29.3 Å². The van der Waals surface area contributed by atoms with E-state index in [1.54, 1.807) is 6.33 Å². The van der Waals surface area contributed by atoms with E-state index in [1.165, 1.54) is 16.8 Å². The number of anilines is 3. The lowest BCUT2D eigenvalue weighted by molar-refractivity contribution is 0.479. The first kappa shape index (κ1) is 22.2. The second-order valence-corrected chi connectivity index (χ2v) is 10.6. The van der Waals surface area contributed by atoms with E-state index in [0.29, 0.717) is 41.3 Å². The summed E-state index contributed by atoms with van der Waals surface area (Å²) in [7, 11) is -1.45. The second kappa shape index (κ2) is 8.41. The van der Waals surface area contributed by atoms with Crippen LogP contribution in [0.5, 0.6) is 11.5 Å². The molecule has 0 saturated carbocycles. The number of benzene rings is 2. The zero-order valence-corrected chi connectivity index (χ0v) is 20.4. The minimum absolute atomic E-state index is 0.0915. The monoisotopic (exact) mass is 502 g/mol. The summed E-state index contributed by atoms with van der Waals surface area (Å²) in [6.07, 6.45) is 5.25. The van der Waals surface area contributed by atoms with Crippen molar-refractivity contribution in [2.75, 3.05) is 21.9 Å². The lowest BCUT2D eigenvalue weighted by Crippen LogP contribution is -2.27. The first-order valence-corrected chi connectivity index (χ1v) is 12.9. The second-order valence-electron chi connectivity index (χ2n) is 8.58. The molecule has 1 fully saturated rings. The van der Waals surface area contributed by atoms with E-state index in [9.17, 15) is 8.42 Å². The summed E-state index contributed by atoms with van der Waals surface area (Å²) in [6.45, 7) is 2.31. The molecule has 6 rings (SSSR count). The number of aryl methyl sites for hydroxylation is 2. The lowest BCUT2D eigenvalue weighted by atomic mass is 10.2. The standard InChI is InChI=1S/C24H22N8O3S/c1-15-10-16(4-7-21(15)35-17-5-6-20-18(11-17)28-14-31(20)2)29-23-22-19(26-13-27-23)12-25-24(30-22)32-8-3-9-36(32,33)34/h4-7,10-14H,3,8-9H2,1-2H3,(H,26,27,29). The Balaban J connectivity index is 1.27. The number of aromatic nitrogens is 6. The fraction of sp³-hybridized carbons (Fsp3) is 0.208. The minimum Gasteiger partial charge on any atom is -0.457 e. The Morgan fingerprint density at radius 2 is 1.92 bits per heavy atom. The quantitative estimate of drug-likeness (QED) is 0.383. The fourth-order valence-electron chi connectivity index (χ4n) is 4.21. The van der Waals surface area contributed by atoms with Gasteiger partial charge in [-0.2, -0.15) is 0 Å². The molecule has 11 nitrogen and oxygen atoms in total. The molecule has 0 spiro atoms. The van der Waals surface area contributed by atoms with Crippen molar-refractivity contribution in [1.82, 2.24) is 29.5 Å². The Bertz CT molecular complexity index is 1730. The summed E-state index contributed by atoms with van der Waals surface area (Å²) in [5.41, 5.74) is 4.53. The molecule has 182 valence electrons. The number of hydrogen-bond donors (Lipinski definition) is 1. The highest BCUT2D eigenvalue weighted by Crippen LogP contribution is 2.31. The Labute approximate surface area is 206 Å². The summed E-state index contributed by atoms with van der Waals surface area (Å²) >= 11 is 0. The number of nitrogens with zero attached hydrogens (tertiary/aromatic N) is 7. The average Bonchev–Trinajstić information content (AvgIpc) is 3.41. The highest BCUT2D eigenvalue weighted by Gasteiger charge is 2.30. The van der Waals surface area contributed by atoms with Crippen LogP contribution in [-0.2, 0) is 17.1 Å². The maximum Gasteiger partial charge on any atom is 0.240 e. The molecule has 2 aromatic carbocycles. The highest BCUT2D eigenvalue weighted by atomic mass is 32.2. The molecule has 0 unspecified atom stereocenters. The molecule has 4 heterocycles. The predicted octanol–water partition coefficient (Wildman–Crippen LogP) is 3.69. The zero-order chi connectivity index (χ0) is 24.9. The molecule has 1 aliphatic rings. The van der Waals surface area contributed by atoms with Crippen LogP contribution in [0.15, 0.2) is 55.2 Å². The smallest absolute Gasteiger partial charge is 0.240 e. The topological polar surface area (TPSA) is 128 Å². The average molecular weight is 503 g/mol.